The SMILES string of the molecule is CCOc1cc(CNCCc2ccc(Cl)cc2)ccc1OCc1ccc(Cl)cc1Cl. The van der Waals surface area contributed by atoms with E-state index in [1.54, 1.807) is 12.1 Å². The summed E-state index contributed by atoms with van der Waals surface area (Å²) in [6.45, 7) is 4.48. The Morgan fingerprint density at radius 1 is 0.767 bits per heavy atom. The molecule has 6 heteroatoms. The molecule has 0 aromatic heterocycles. The van der Waals surface area contributed by atoms with E-state index < -0.39 is 0 Å². The standard InChI is InChI=1S/C24H24Cl3NO2/c1-2-29-24-13-18(15-28-12-11-17-3-7-20(25)8-4-17)5-10-23(24)30-16-19-6-9-21(26)14-22(19)27/h3-10,13-14,28H,2,11-12,15-16H2,1H3. The highest BCUT2D eigenvalue weighted by molar-refractivity contribution is 6.35. The lowest BCUT2D eigenvalue weighted by Crippen LogP contribution is -2.16. The van der Waals surface area contributed by atoms with Crippen LogP contribution in [0.1, 0.15) is 23.6 Å². The van der Waals surface area contributed by atoms with Crippen molar-refractivity contribution in [1.29, 1.82) is 0 Å². The van der Waals surface area contributed by atoms with E-state index in [0.29, 0.717) is 29.0 Å². The molecule has 1 N–H and O–H groups in total. The molecule has 158 valence electrons. The number of hydrogen-bond acceptors (Lipinski definition) is 3. The Balaban J connectivity index is 1.56. The third kappa shape index (κ3) is 6.82. The second-order valence-electron chi connectivity index (χ2n) is 6.79. The van der Waals surface area contributed by atoms with Crippen molar-refractivity contribution in [3.63, 3.8) is 0 Å². The first kappa shape index (κ1) is 22.8. The van der Waals surface area contributed by atoms with Crippen LogP contribution in [-0.2, 0) is 19.6 Å². The Labute approximate surface area is 192 Å². The normalized spacial score (nSPS) is 10.8. The fraction of sp³-hybridized carbons (Fsp3) is 0.250. The van der Waals surface area contributed by atoms with Crippen LogP contribution in [0.15, 0.2) is 60.7 Å². The van der Waals surface area contributed by atoms with E-state index in [1.807, 2.05) is 43.3 Å². The molecule has 0 radical (unpaired) electrons. The van der Waals surface area contributed by atoms with E-state index >= 15 is 0 Å². The average molecular weight is 465 g/mol. The van der Waals surface area contributed by atoms with Gasteiger partial charge in [0.1, 0.15) is 6.61 Å². The van der Waals surface area contributed by atoms with E-state index in [9.17, 15) is 0 Å². The minimum atomic E-state index is 0.342. The van der Waals surface area contributed by atoms with Crippen LogP contribution in [0.5, 0.6) is 11.5 Å². The van der Waals surface area contributed by atoms with Gasteiger partial charge >= 0.3 is 0 Å². The van der Waals surface area contributed by atoms with Gasteiger partial charge in [-0.15, -0.1) is 0 Å². The number of halogens is 3. The molecule has 30 heavy (non-hydrogen) atoms. The fourth-order valence-electron chi connectivity index (χ4n) is 2.96. The Morgan fingerprint density at radius 2 is 1.50 bits per heavy atom. The number of ether oxygens (including phenoxy) is 2. The molecule has 0 saturated heterocycles. The van der Waals surface area contributed by atoms with Gasteiger partial charge in [-0.25, -0.2) is 0 Å². The predicted octanol–water partition coefficient (Wildman–Crippen LogP) is 6.96. The van der Waals surface area contributed by atoms with Gasteiger partial charge in [0.25, 0.3) is 0 Å². The Bertz CT molecular complexity index is 961. The molecule has 0 amide bonds. The zero-order valence-electron chi connectivity index (χ0n) is 16.8. The van der Waals surface area contributed by atoms with Crippen LogP contribution >= 0.6 is 34.8 Å². The maximum atomic E-state index is 6.23. The second kappa shape index (κ2) is 11.5. The van der Waals surface area contributed by atoms with Crippen molar-refractivity contribution in [3.8, 4) is 11.5 Å². The van der Waals surface area contributed by atoms with Gasteiger partial charge in [0.2, 0.25) is 0 Å². The van der Waals surface area contributed by atoms with Crippen molar-refractivity contribution >= 4 is 34.8 Å². The maximum Gasteiger partial charge on any atom is 0.161 e. The zero-order valence-corrected chi connectivity index (χ0v) is 19.0. The lowest BCUT2D eigenvalue weighted by Gasteiger charge is -2.14. The monoisotopic (exact) mass is 463 g/mol. The maximum absolute atomic E-state index is 6.23. The largest absolute Gasteiger partial charge is 0.490 e. The van der Waals surface area contributed by atoms with Gasteiger partial charge in [-0.3, -0.25) is 0 Å². The van der Waals surface area contributed by atoms with Gasteiger partial charge in [0, 0.05) is 27.2 Å². The Kier molecular flexibility index (Phi) is 8.71. The second-order valence-corrected chi connectivity index (χ2v) is 8.07. The minimum Gasteiger partial charge on any atom is -0.490 e. The highest BCUT2D eigenvalue weighted by Gasteiger charge is 2.09. The van der Waals surface area contributed by atoms with E-state index in [-0.39, 0.29) is 0 Å². The summed E-state index contributed by atoms with van der Waals surface area (Å²) >= 11 is 18.1. The fourth-order valence-corrected chi connectivity index (χ4v) is 3.55. The van der Waals surface area contributed by atoms with Crippen LogP contribution < -0.4 is 14.8 Å². The summed E-state index contributed by atoms with van der Waals surface area (Å²) in [5, 5.41) is 5.41. The Hall–Kier alpha value is -1.91. The lowest BCUT2D eigenvalue weighted by atomic mass is 10.1. The van der Waals surface area contributed by atoms with E-state index in [4.69, 9.17) is 44.3 Å². The molecule has 3 nitrogen and oxygen atoms in total. The van der Waals surface area contributed by atoms with Crippen molar-refractivity contribution in [2.24, 2.45) is 0 Å². The van der Waals surface area contributed by atoms with Gasteiger partial charge in [-0.05, 0) is 67.4 Å². The molecule has 0 spiro atoms. The number of benzene rings is 3. The van der Waals surface area contributed by atoms with E-state index in [0.717, 1.165) is 41.4 Å². The van der Waals surface area contributed by atoms with Crippen LogP contribution in [0.4, 0.5) is 0 Å². The zero-order chi connectivity index (χ0) is 21.3. The van der Waals surface area contributed by atoms with Gasteiger partial charge < -0.3 is 14.8 Å². The molecule has 0 unspecified atom stereocenters. The first-order chi connectivity index (χ1) is 14.5. The van der Waals surface area contributed by atoms with Crippen LogP contribution in [0.3, 0.4) is 0 Å². The molecule has 0 aliphatic rings. The summed E-state index contributed by atoms with van der Waals surface area (Å²) in [7, 11) is 0. The van der Waals surface area contributed by atoms with Gasteiger partial charge in [0.05, 0.1) is 6.61 Å². The van der Waals surface area contributed by atoms with Crippen LogP contribution in [-0.4, -0.2) is 13.2 Å². The topological polar surface area (TPSA) is 30.5 Å². The highest BCUT2D eigenvalue weighted by atomic mass is 35.5. The van der Waals surface area contributed by atoms with Crippen molar-refractivity contribution in [2.75, 3.05) is 13.2 Å². The first-order valence-electron chi connectivity index (χ1n) is 9.82. The van der Waals surface area contributed by atoms with Crippen molar-refractivity contribution in [3.05, 3.63) is 92.4 Å². The van der Waals surface area contributed by atoms with Gasteiger partial charge in [-0.1, -0.05) is 59.1 Å². The van der Waals surface area contributed by atoms with Gasteiger partial charge in [0.15, 0.2) is 11.5 Å². The molecule has 0 atom stereocenters. The molecule has 3 aromatic carbocycles. The molecule has 3 aromatic rings. The third-order valence-corrected chi connectivity index (χ3v) is 5.38. The van der Waals surface area contributed by atoms with Crippen LogP contribution in [0.2, 0.25) is 15.1 Å². The quantitative estimate of drug-likeness (QED) is 0.329. The minimum absolute atomic E-state index is 0.342. The lowest BCUT2D eigenvalue weighted by molar-refractivity contribution is 0.269. The molecule has 0 bridgehead atoms. The number of nitrogens with one attached hydrogen (secondary N) is 1. The van der Waals surface area contributed by atoms with Crippen molar-refractivity contribution in [1.82, 2.24) is 5.32 Å². The molecule has 0 heterocycles. The van der Waals surface area contributed by atoms with E-state index in [1.165, 1.54) is 5.56 Å². The molecule has 0 fully saturated rings. The smallest absolute Gasteiger partial charge is 0.161 e. The average Bonchev–Trinajstić information content (AvgIpc) is 2.73. The molecular formula is C24H24Cl3NO2. The van der Waals surface area contributed by atoms with Crippen molar-refractivity contribution < 1.29 is 9.47 Å². The van der Waals surface area contributed by atoms with Crippen LogP contribution in [0, 0.1) is 0 Å². The van der Waals surface area contributed by atoms with Crippen molar-refractivity contribution in [2.45, 2.75) is 26.5 Å². The summed E-state index contributed by atoms with van der Waals surface area (Å²) in [6, 6.07) is 19.3. The highest BCUT2D eigenvalue weighted by Crippen LogP contribution is 2.30. The molecule has 0 aliphatic heterocycles. The number of hydrogen-bond donors (Lipinski definition) is 1. The summed E-state index contributed by atoms with van der Waals surface area (Å²) in [5.41, 5.74) is 3.26. The summed E-state index contributed by atoms with van der Waals surface area (Å²) in [6.07, 6.45) is 0.943. The molecule has 0 aliphatic carbocycles. The Morgan fingerprint density at radius 3 is 2.23 bits per heavy atom. The summed E-state index contributed by atoms with van der Waals surface area (Å²) in [4.78, 5) is 0. The molecule has 0 saturated carbocycles. The number of rotatable bonds is 10. The van der Waals surface area contributed by atoms with E-state index in [2.05, 4.69) is 17.4 Å². The first-order valence-corrected chi connectivity index (χ1v) is 11.0. The summed E-state index contributed by atoms with van der Waals surface area (Å²) < 4.78 is 11.7. The summed E-state index contributed by atoms with van der Waals surface area (Å²) in [5.74, 6) is 1.41. The predicted molar refractivity (Wildman–Crippen MR) is 125 cm³/mol. The van der Waals surface area contributed by atoms with Crippen LogP contribution in [0.25, 0.3) is 0 Å². The third-order valence-electron chi connectivity index (χ3n) is 4.54. The molecule has 3 rings (SSSR count). The van der Waals surface area contributed by atoms with Gasteiger partial charge in [-0.2, -0.15) is 0 Å². The molecular weight excluding hydrogens is 441 g/mol.